The average Bonchev–Trinajstić information content (AvgIpc) is 4.00. The van der Waals surface area contributed by atoms with Crippen LogP contribution in [0.2, 0.25) is 0 Å². The Morgan fingerprint density at radius 1 is 0.479 bits per heavy atom. The van der Waals surface area contributed by atoms with Crippen molar-refractivity contribution in [2.24, 2.45) is 0 Å². The number of benzene rings is 11. The van der Waals surface area contributed by atoms with Gasteiger partial charge in [0, 0.05) is 49.0 Å². The molecule has 12 aromatic rings. The van der Waals surface area contributed by atoms with Crippen LogP contribution in [-0.2, 0) is 0 Å². The van der Waals surface area contributed by atoms with Gasteiger partial charge in [0.05, 0.1) is 11.4 Å². The summed E-state index contributed by atoms with van der Waals surface area (Å²) in [6.45, 7) is 0. The van der Waals surface area contributed by atoms with Crippen molar-refractivity contribution < 1.29 is 4.42 Å². The summed E-state index contributed by atoms with van der Waals surface area (Å²) in [6, 6.07) is 80.3. The Morgan fingerprint density at radius 3 is 2.07 bits per heavy atom. The summed E-state index contributed by atoms with van der Waals surface area (Å²) in [5.41, 5.74) is 18.6. The molecule has 1 aliphatic carbocycles. The van der Waals surface area contributed by atoms with Crippen molar-refractivity contribution in [3.8, 4) is 33.4 Å². The SMILES string of the molecule is C1=CC2Sc3cc(/C=C(\c4ccc(-c5cc6oc7cc8cccc9c8c(c7c6c6ccccc56)-c5ccccc5N9c5ccccc5)cc4)c4cc(-c5ccccc5)cc5ccccc45)ccc3C2C=C1. The van der Waals surface area contributed by atoms with E-state index in [2.05, 4.69) is 254 Å². The molecule has 0 radical (unpaired) electrons. The summed E-state index contributed by atoms with van der Waals surface area (Å²) in [6.07, 6.45) is 11.5. The molecule has 2 aliphatic heterocycles. The van der Waals surface area contributed by atoms with Crippen LogP contribution in [0.15, 0.2) is 252 Å². The van der Waals surface area contributed by atoms with Crippen LogP contribution in [0, 0.1) is 0 Å². The van der Waals surface area contributed by atoms with Crippen molar-refractivity contribution in [2.45, 2.75) is 16.1 Å². The summed E-state index contributed by atoms with van der Waals surface area (Å²) >= 11 is 1.98. The lowest BCUT2D eigenvalue weighted by molar-refractivity contribution is 0.670. The predicted octanol–water partition coefficient (Wildman–Crippen LogP) is 19.1. The first-order valence-corrected chi connectivity index (χ1v) is 25.4. The molecule has 0 N–H and O–H groups in total. The summed E-state index contributed by atoms with van der Waals surface area (Å²) in [5.74, 6) is 0.425. The molecule has 3 heterocycles. The molecule has 3 aliphatic rings. The Hall–Kier alpha value is -8.63. The Kier molecular flexibility index (Phi) is 9.06. The first kappa shape index (κ1) is 40.3. The average molecular weight is 922 g/mol. The first-order valence-electron chi connectivity index (χ1n) is 24.6. The van der Waals surface area contributed by atoms with Gasteiger partial charge >= 0.3 is 0 Å². The lowest BCUT2D eigenvalue weighted by atomic mass is 9.86. The number of nitrogens with zero attached hydrogens (tertiary/aromatic N) is 1. The Morgan fingerprint density at radius 2 is 1.20 bits per heavy atom. The number of thioether (sulfide) groups is 1. The van der Waals surface area contributed by atoms with Crippen molar-refractivity contribution in [3.05, 3.63) is 265 Å². The van der Waals surface area contributed by atoms with Gasteiger partial charge in [-0.25, -0.2) is 0 Å². The molecule has 2 atom stereocenters. The van der Waals surface area contributed by atoms with Gasteiger partial charge in [-0.15, -0.1) is 11.8 Å². The van der Waals surface area contributed by atoms with E-state index in [1.807, 2.05) is 11.8 Å². The van der Waals surface area contributed by atoms with Crippen molar-refractivity contribution in [1.29, 1.82) is 0 Å². The number of para-hydroxylation sites is 2. The fraction of sp³-hybridized carbons (Fsp3) is 0.0294. The molecule has 71 heavy (non-hydrogen) atoms. The monoisotopic (exact) mass is 921 g/mol. The number of furan rings is 1. The topological polar surface area (TPSA) is 16.4 Å². The van der Waals surface area contributed by atoms with Crippen LogP contribution >= 0.6 is 11.8 Å². The highest BCUT2D eigenvalue weighted by atomic mass is 32.2. The summed E-state index contributed by atoms with van der Waals surface area (Å²) < 4.78 is 7.07. The van der Waals surface area contributed by atoms with Crippen LogP contribution in [0.3, 0.4) is 0 Å². The third-order valence-electron chi connectivity index (χ3n) is 15.1. The maximum absolute atomic E-state index is 7.07. The summed E-state index contributed by atoms with van der Waals surface area (Å²) in [7, 11) is 0. The molecule has 0 saturated heterocycles. The number of fused-ring (bicyclic) bond motifs is 12. The van der Waals surface area contributed by atoms with Crippen LogP contribution in [0.25, 0.3) is 99.3 Å². The van der Waals surface area contributed by atoms with Gasteiger partial charge in [-0.05, 0) is 138 Å². The number of hydrogen-bond donors (Lipinski definition) is 0. The standard InChI is InChI=1S/C68H43NOS/c1-3-16-43(17-4-1)48-38-46-18-7-8-22-50(46)58(39-48)56(36-42-30-35-53-52-24-12-14-29-63(52)71-64(53)37-42)44-31-33-45(34-32-44)57-41-62-66(54-25-10-9-23-51(54)57)68-61(70-62)40-47-19-15-28-60-65(47)67(68)55-26-11-13-27-59(55)69(60)49-20-5-2-6-21-49/h1-41,52,63H/b56-36+. The fourth-order valence-electron chi connectivity index (χ4n) is 11.9. The highest BCUT2D eigenvalue weighted by Gasteiger charge is 2.32. The fourth-order valence-corrected chi connectivity index (χ4v) is 13.3. The zero-order valence-corrected chi connectivity index (χ0v) is 39.4. The highest BCUT2D eigenvalue weighted by molar-refractivity contribution is 8.00. The number of anilines is 3. The molecule has 11 aromatic carbocycles. The lowest BCUT2D eigenvalue weighted by Gasteiger charge is -2.33. The smallest absolute Gasteiger partial charge is 0.136 e. The van der Waals surface area contributed by atoms with Crippen molar-refractivity contribution in [2.75, 3.05) is 4.90 Å². The van der Waals surface area contributed by atoms with E-state index in [4.69, 9.17) is 4.42 Å². The first-order chi connectivity index (χ1) is 35.2. The van der Waals surface area contributed by atoms with E-state index in [0.29, 0.717) is 11.2 Å². The highest BCUT2D eigenvalue weighted by Crippen LogP contribution is 2.56. The molecule has 0 saturated carbocycles. The molecular weight excluding hydrogens is 879 g/mol. The molecule has 2 nitrogen and oxygen atoms in total. The molecule has 2 unspecified atom stereocenters. The molecule has 0 amide bonds. The van der Waals surface area contributed by atoms with Gasteiger partial charge in [-0.2, -0.15) is 0 Å². The van der Waals surface area contributed by atoms with Gasteiger partial charge in [0.15, 0.2) is 0 Å². The third kappa shape index (κ3) is 6.36. The quantitative estimate of drug-likeness (QED) is 0.155. The predicted molar refractivity (Wildman–Crippen MR) is 301 cm³/mol. The number of hydrogen-bond acceptors (Lipinski definition) is 3. The second-order valence-corrected chi connectivity index (χ2v) is 20.3. The van der Waals surface area contributed by atoms with E-state index in [1.165, 1.54) is 82.0 Å². The molecule has 3 heteroatoms. The van der Waals surface area contributed by atoms with Crippen molar-refractivity contribution in [3.63, 3.8) is 0 Å². The van der Waals surface area contributed by atoms with Gasteiger partial charge < -0.3 is 9.32 Å². The Balaban J connectivity index is 0.911. The van der Waals surface area contributed by atoms with E-state index in [9.17, 15) is 0 Å². The van der Waals surface area contributed by atoms with Crippen LogP contribution in [0.5, 0.6) is 0 Å². The maximum atomic E-state index is 7.07. The second-order valence-electron chi connectivity index (χ2n) is 19.1. The van der Waals surface area contributed by atoms with Crippen molar-refractivity contribution in [1.82, 2.24) is 0 Å². The van der Waals surface area contributed by atoms with Gasteiger partial charge in [0.1, 0.15) is 11.2 Å². The van der Waals surface area contributed by atoms with Gasteiger partial charge in [-0.1, -0.05) is 188 Å². The van der Waals surface area contributed by atoms with Crippen LogP contribution in [0.1, 0.15) is 28.2 Å². The minimum absolute atomic E-state index is 0.425. The van der Waals surface area contributed by atoms with Gasteiger partial charge in [0.2, 0.25) is 0 Å². The molecule has 0 spiro atoms. The third-order valence-corrected chi connectivity index (χ3v) is 16.4. The zero-order chi connectivity index (χ0) is 46.6. The zero-order valence-electron chi connectivity index (χ0n) is 38.6. The minimum atomic E-state index is 0.425. The van der Waals surface area contributed by atoms with Gasteiger partial charge in [-0.3, -0.25) is 0 Å². The van der Waals surface area contributed by atoms with E-state index in [0.717, 1.165) is 55.4 Å². The van der Waals surface area contributed by atoms with E-state index >= 15 is 0 Å². The van der Waals surface area contributed by atoms with E-state index in [1.54, 1.807) is 0 Å². The largest absolute Gasteiger partial charge is 0.456 e. The molecule has 332 valence electrons. The Bertz CT molecular complexity index is 4260. The number of rotatable bonds is 6. The second kappa shape index (κ2) is 16.0. The van der Waals surface area contributed by atoms with Gasteiger partial charge in [0.25, 0.3) is 0 Å². The minimum Gasteiger partial charge on any atom is -0.456 e. The maximum Gasteiger partial charge on any atom is 0.136 e. The van der Waals surface area contributed by atoms with Crippen molar-refractivity contribution >= 4 is 94.7 Å². The van der Waals surface area contributed by atoms with E-state index in [-0.39, 0.29) is 0 Å². The summed E-state index contributed by atoms with van der Waals surface area (Å²) in [5, 5.41) is 10.0. The van der Waals surface area contributed by atoms with Crippen LogP contribution < -0.4 is 4.90 Å². The lowest BCUT2D eigenvalue weighted by Crippen LogP contribution is -2.14. The molecule has 0 fully saturated rings. The normalized spacial score (nSPS) is 15.8. The Labute approximate surface area is 416 Å². The van der Waals surface area contributed by atoms with Crippen LogP contribution in [-0.4, -0.2) is 5.25 Å². The number of allylic oxidation sites excluding steroid dienone is 3. The van der Waals surface area contributed by atoms with Crippen LogP contribution in [0.4, 0.5) is 17.1 Å². The van der Waals surface area contributed by atoms with E-state index < -0.39 is 0 Å². The molecule has 15 rings (SSSR count). The summed E-state index contributed by atoms with van der Waals surface area (Å²) in [4.78, 5) is 3.78. The molecule has 0 bridgehead atoms. The molecule has 1 aromatic heterocycles. The molecular formula is C68H43NOS.